The summed E-state index contributed by atoms with van der Waals surface area (Å²) in [5.74, 6) is 0.847. The molecule has 0 aliphatic heterocycles. The van der Waals surface area contributed by atoms with E-state index in [1.165, 1.54) is 37.9 Å². The van der Waals surface area contributed by atoms with Gasteiger partial charge < -0.3 is 15.6 Å². The van der Waals surface area contributed by atoms with E-state index in [1.54, 1.807) is 0 Å². The van der Waals surface area contributed by atoms with Crippen molar-refractivity contribution < 1.29 is 0 Å². The van der Waals surface area contributed by atoms with Crippen molar-refractivity contribution in [3.63, 3.8) is 0 Å². The summed E-state index contributed by atoms with van der Waals surface area (Å²) in [5, 5.41) is 0. The fourth-order valence-corrected chi connectivity index (χ4v) is 2.63. The summed E-state index contributed by atoms with van der Waals surface area (Å²) in [6.45, 7) is 2.22. The predicted octanol–water partition coefficient (Wildman–Crippen LogP) is 1.96. The van der Waals surface area contributed by atoms with Gasteiger partial charge in [0.2, 0.25) is 0 Å². The Morgan fingerprint density at radius 3 is 2.75 bits per heavy atom. The molecule has 3 N–H and O–H groups in total. The number of nitrogens with one attached hydrogen (secondary N) is 1. The van der Waals surface area contributed by atoms with Crippen molar-refractivity contribution in [1.82, 2.24) is 9.88 Å². The van der Waals surface area contributed by atoms with Gasteiger partial charge in [0, 0.05) is 31.0 Å². The van der Waals surface area contributed by atoms with E-state index in [0.29, 0.717) is 6.04 Å². The molecule has 0 atom stereocenters. The molecule has 2 rings (SSSR count). The number of aromatic nitrogens is 1. The molecule has 0 aromatic carbocycles. The van der Waals surface area contributed by atoms with Crippen LogP contribution in [0.15, 0.2) is 18.3 Å². The van der Waals surface area contributed by atoms with Gasteiger partial charge in [-0.2, -0.15) is 0 Å². The number of H-pyrrole nitrogens is 1. The first-order chi connectivity index (χ1) is 7.74. The van der Waals surface area contributed by atoms with Crippen molar-refractivity contribution in [3.8, 4) is 0 Å². The lowest BCUT2D eigenvalue weighted by atomic mass is 9.86. The molecule has 1 fully saturated rings. The van der Waals surface area contributed by atoms with Gasteiger partial charge in [-0.05, 0) is 50.8 Å². The zero-order valence-electron chi connectivity index (χ0n) is 10.2. The first-order valence-corrected chi connectivity index (χ1v) is 6.30. The van der Waals surface area contributed by atoms with E-state index < -0.39 is 0 Å². The molecule has 1 saturated carbocycles. The van der Waals surface area contributed by atoms with Gasteiger partial charge in [0.25, 0.3) is 0 Å². The van der Waals surface area contributed by atoms with E-state index in [2.05, 4.69) is 29.1 Å². The van der Waals surface area contributed by atoms with Crippen LogP contribution in [0.2, 0.25) is 0 Å². The SMILES string of the molecule is CN(Cc1ccc[nH]1)CC1CCC(N)CC1. The normalized spacial score (nSPS) is 26.2. The highest BCUT2D eigenvalue weighted by atomic mass is 15.1. The third kappa shape index (κ3) is 3.35. The third-order valence-corrected chi connectivity index (χ3v) is 3.56. The van der Waals surface area contributed by atoms with Crippen LogP contribution < -0.4 is 5.73 Å². The minimum atomic E-state index is 0.463. The average Bonchev–Trinajstić information content (AvgIpc) is 2.74. The monoisotopic (exact) mass is 221 g/mol. The number of aromatic amines is 1. The highest BCUT2D eigenvalue weighted by Crippen LogP contribution is 2.23. The summed E-state index contributed by atoms with van der Waals surface area (Å²) in [5.41, 5.74) is 7.22. The predicted molar refractivity (Wildman–Crippen MR) is 67.1 cm³/mol. The van der Waals surface area contributed by atoms with E-state index >= 15 is 0 Å². The van der Waals surface area contributed by atoms with Crippen LogP contribution >= 0.6 is 0 Å². The molecule has 16 heavy (non-hydrogen) atoms. The number of hydrogen-bond donors (Lipinski definition) is 2. The molecule has 0 saturated heterocycles. The van der Waals surface area contributed by atoms with Crippen molar-refractivity contribution in [2.24, 2.45) is 11.7 Å². The molecular formula is C13H23N3. The zero-order valence-corrected chi connectivity index (χ0v) is 10.2. The third-order valence-electron chi connectivity index (χ3n) is 3.56. The fourth-order valence-electron chi connectivity index (χ4n) is 2.63. The lowest BCUT2D eigenvalue weighted by Gasteiger charge is -2.29. The van der Waals surface area contributed by atoms with Gasteiger partial charge in [0.05, 0.1) is 0 Å². The highest BCUT2D eigenvalue weighted by Gasteiger charge is 2.19. The van der Waals surface area contributed by atoms with Gasteiger partial charge >= 0.3 is 0 Å². The Hall–Kier alpha value is -0.800. The Balaban J connectivity index is 1.72. The summed E-state index contributed by atoms with van der Waals surface area (Å²) in [6, 6.07) is 4.67. The second-order valence-corrected chi connectivity index (χ2v) is 5.17. The number of nitrogens with two attached hydrogens (primary N) is 1. The summed E-state index contributed by atoms with van der Waals surface area (Å²) in [4.78, 5) is 5.66. The van der Waals surface area contributed by atoms with Crippen LogP contribution in [0, 0.1) is 5.92 Å². The zero-order chi connectivity index (χ0) is 11.4. The number of hydrogen-bond acceptors (Lipinski definition) is 2. The van der Waals surface area contributed by atoms with Crippen LogP contribution in [-0.4, -0.2) is 29.5 Å². The van der Waals surface area contributed by atoms with Crippen LogP contribution in [0.25, 0.3) is 0 Å². The number of rotatable bonds is 4. The molecule has 3 heteroatoms. The molecule has 1 heterocycles. The largest absolute Gasteiger partial charge is 0.364 e. The first kappa shape index (κ1) is 11.7. The lowest BCUT2D eigenvalue weighted by molar-refractivity contribution is 0.217. The van der Waals surface area contributed by atoms with Gasteiger partial charge in [-0.3, -0.25) is 0 Å². The van der Waals surface area contributed by atoms with E-state index in [9.17, 15) is 0 Å². The second kappa shape index (κ2) is 5.51. The van der Waals surface area contributed by atoms with E-state index in [-0.39, 0.29) is 0 Å². The molecule has 0 radical (unpaired) electrons. The Morgan fingerprint density at radius 2 is 2.12 bits per heavy atom. The quantitative estimate of drug-likeness (QED) is 0.816. The van der Waals surface area contributed by atoms with Gasteiger partial charge in [-0.25, -0.2) is 0 Å². The van der Waals surface area contributed by atoms with Crippen molar-refractivity contribution in [2.75, 3.05) is 13.6 Å². The molecule has 0 spiro atoms. The van der Waals surface area contributed by atoms with Crippen molar-refractivity contribution >= 4 is 0 Å². The molecular weight excluding hydrogens is 198 g/mol. The van der Waals surface area contributed by atoms with Gasteiger partial charge in [-0.1, -0.05) is 0 Å². The van der Waals surface area contributed by atoms with Crippen molar-refractivity contribution in [3.05, 3.63) is 24.0 Å². The smallest absolute Gasteiger partial charge is 0.0382 e. The molecule has 1 aromatic heterocycles. The lowest BCUT2D eigenvalue weighted by Crippen LogP contribution is -2.32. The molecule has 0 bridgehead atoms. The van der Waals surface area contributed by atoms with Crippen LogP contribution in [0.4, 0.5) is 0 Å². The van der Waals surface area contributed by atoms with Gasteiger partial charge in [-0.15, -0.1) is 0 Å². The molecule has 1 aliphatic rings. The van der Waals surface area contributed by atoms with Crippen molar-refractivity contribution in [1.29, 1.82) is 0 Å². The second-order valence-electron chi connectivity index (χ2n) is 5.17. The minimum Gasteiger partial charge on any atom is -0.364 e. The molecule has 3 nitrogen and oxygen atoms in total. The molecule has 1 aliphatic carbocycles. The summed E-state index contributed by atoms with van der Waals surface area (Å²) in [7, 11) is 2.20. The molecule has 1 aromatic rings. The fraction of sp³-hybridized carbons (Fsp3) is 0.692. The summed E-state index contributed by atoms with van der Waals surface area (Å²) >= 11 is 0. The van der Waals surface area contributed by atoms with Crippen molar-refractivity contribution in [2.45, 2.75) is 38.3 Å². The Labute approximate surface area is 98.0 Å². The van der Waals surface area contributed by atoms with Gasteiger partial charge in [0.1, 0.15) is 0 Å². The maximum atomic E-state index is 5.92. The van der Waals surface area contributed by atoms with E-state index in [1.807, 2.05) is 6.20 Å². The highest BCUT2D eigenvalue weighted by molar-refractivity contribution is 5.03. The molecule has 0 amide bonds. The van der Waals surface area contributed by atoms with E-state index in [0.717, 1.165) is 12.5 Å². The molecule has 90 valence electrons. The van der Waals surface area contributed by atoms with Crippen LogP contribution in [-0.2, 0) is 6.54 Å². The Kier molecular flexibility index (Phi) is 4.02. The van der Waals surface area contributed by atoms with Gasteiger partial charge in [0.15, 0.2) is 0 Å². The van der Waals surface area contributed by atoms with E-state index in [4.69, 9.17) is 5.73 Å². The maximum absolute atomic E-state index is 5.92. The minimum absolute atomic E-state index is 0.463. The van der Waals surface area contributed by atoms with Crippen LogP contribution in [0.3, 0.4) is 0 Å². The average molecular weight is 221 g/mol. The first-order valence-electron chi connectivity index (χ1n) is 6.30. The number of nitrogens with zero attached hydrogens (tertiary/aromatic N) is 1. The summed E-state index contributed by atoms with van der Waals surface area (Å²) in [6.07, 6.45) is 7.01. The topological polar surface area (TPSA) is 45.0 Å². The Bertz CT molecular complexity index is 286. The van der Waals surface area contributed by atoms with Crippen LogP contribution in [0.1, 0.15) is 31.4 Å². The standard InChI is InChI=1S/C13H23N3/c1-16(10-13-3-2-8-15-13)9-11-4-6-12(14)7-5-11/h2-3,8,11-12,15H,4-7,9-10,14H2,1H3. The van der Waals surface area contributed by atoms with Crippen LogP contribution in [0.5, 0.6) is 0 Å². The molecule has 0 unspecified atom stereocenters. The summed E-state index contributed by atoms with van der Waals surface area (Å²) < 4.78 is 0. The Morgan fingerprint density at radius 1 is 1.38 bits per heavy atom. The maximum Gasteiger partial charge on any atom is 0.0382 e.